The van der Waals surface area contributed by atoms with Gasteiger partial charge >= 0.3 is 12.3 Å². The smallest absolute Gasteiger partial charge is 0.466 e. The molecule has 0 amide bonds. The van der Waals surface area contributed by atoms with Crippen LogP contribution in [0.15, 0.2) is 54.6 Å². The summed E-state index contributed by atoms with van der Waals surface area (Å²) in [5.41, 5.74) is 1.71. The Morgan fingerprint density at radius 1 is 1.09 bits per heavy atom. The average Bonchev–Trinajstić information content (AvgIpc) is 2.78. The number of halogens is 3. The summed E-state index contributed by atoms with van der Waals surface area (Å²) in [4.78, 5) is 18.8. The number of aromatic nitrogens is 1. The van der Waals surface area contributed by atoms with Crippen molar-refractivity contribution in [3.63, 3.8) is 0 Å². The molecule has 1 aliphatic heterocycles. The molecule has 0 unspecified atom stereocenters. The normalized spacial score (nSPS) is 15.1. The van der Waals surface area contributed by atoms with E-state index in [0.717, 1.165) is 16.7 Å². The Morgan fingerprint density at radius 2 is 1.84 bits per heavy atom. The van der Waals surface area contributed by atoms with E-state index < -0.39 is 6.36 Å². The molecule has 0 saturated carbocycles. The summed E-state index contributed by atoms with van der Waals surface area (Å²) in [7, 11) is 0. The first-order valence-electron chi connectivity index (χ1n) is 10.5. The highest BCUT2D eigenvalue weighted by Crippen LogP contribution is 2.35. The predicted octanol–water partition coefficient (Wildman–Crippen LogP) is 5.58. The second kappa shape index (κ2) is 9.06. The second-order valence-electron chi connectivity index (χ2n) is 7.63. The summed E-state index contributed by atoms with van der Waals surface area (Å²) in [6.07, 6.45) is -3.33. The van der Waals surface area contributed by atoms with Crippen LogP contribution in [0.2, 0.25) is 0 Å². The van der Waals surface area contributed by atoms with Crippen molar-refractivity contribution >= 4 is 22.7 Å². The lowest BCUT2D eigenvalue weighted by Gasteiger charge is -2.31. The number of pyridine rings is 1. The fourth-order valence-corrected chi connectivity index (χ4v) is 3.98. The first-order valence-corrected chi connectivity index (χ1v) is 10.5. The molecule has 4 rings (SSSR count). The van der Waals surface area contributed by atoms with E-state index in [1.807, 2.05) is 12.1 Å². The van der Waals surface area contributed by atoms with Crippen molar-refractivity contribution in [3.8, 4) is 16.9 Å². The fourth-order valence-electron chi connectivity index (χ4n) is 3.98. The van der Waals surface area contributed by atoms with Crippen LogP contribution < -0.4 is 9.64 Å². The van der Waals surface area contributed by atoms with Crippen molar-refractivity contribution in [3.05, 3.63) is 54.6 Å². The van der Waals surface area contributed by atoms with E-state index >= 15 is 0 Å². The number of alkyl halides is 3. The number of esters is 1. The molecule has 8 heteroatoms. The number of carbonyl (C=O) groups excluding carboxylic acids is 1. The molecule has 0 atom stereocenters. The third-order valence-corrected chi connectivity index (χ3v) is 5.54. The Labute approximate surface area is 183 Å². The van der Waals surface area contributed by atoms with E-state index in [2.05, 4.69) is 9.64 Å². The monoisotopic (exact) mass is 444 g/mol. The van der Waals surface area contributed by atoms with Crippen LogP contribution in [0.4, 0.5) is 19.0 Å². The maximum absolute atomic E-state index is 12.8. The van der Waals surface area contributed by atoms with Gasteiger partial charge in [-0.25, -0.2) is 4.98 Å². The van der Waals surface area contributed by atoms with Gasteiger partial charge in [0.05, 0.1) is 18.0 Å². The van der Waals surface area contributed by atoms with Gasteiger partial charge in [0.25, 0.3) is 0 Å². The number of piperidine rings is 1. The summed E-state index contributed by atoms with van der Waals surface area (Å²) in [6.45, 7) is 3.61. The van der Waals surface area contributed by atoms with Crippen LogP contribution in [0, 0.1) is 5.92 Å². The molecule has 168 valence electrons. The number of ether oxygens (including phenoxy) is 2. The third-order valence-electron chi connectivity index (χ3n) is 5.54. The van der Waals surface area contributed by atoms with Gasteiger partial charge in [0.2, 0.25) is 0 Å². The Hall–Kier alpha value is -3.29. The van der Waals surface area contributed by atoms with E-state index in [1.165, 1.54) is 12.1 Å². The minimum atomic E-state index is -4.76. The Morgan fingerprint density at radius 3 is 2.56 bits per heavy atom. The Bertz CT molecular complexity index is 1110. The molecule has 1 fully saturated rings. The zero-order chi connectivity index (χ0) is 22.7. The van der Waals surface area contributed by atoms with Gasteiger partial charge in [-0.15, -0.1) is 13.2 Å². The largest absolute Gasteiger partial charge is 0.573 e. The minimum absolute atomic E-state index is 0.0757. The zero-order valence-electron chi connectivity index (χ0n) is 17.6. The highest BCUT2D eigenvalue weighted by Gasteiger charge is 2.32. The Balaban J connectivity index is 1.54. The maximum atomic E-state index is 12.8. The number of nitrogens with zero attached hydrogens (tertiary/aromatic N) is 2. The van der Waals surface area contributed by atoms with E-state index in [9.17, 15) is 18.0 Å². The van der Waals surface area contributed by atoms with Crippen molar-refractivity contribution in [2.45, 2.75) is 26.1 Å². The molecule has 1 aromatic heterocycles. The molecular weight excluding hydrogens is 421 g/mol. The molecule has 1 saturated heterocycles. The summed E-state index contributed by atoms with van der Waals surface area (Å²) in [6, 6.07) is 15.2. The van der Waals surface area contributed by atoms with Crippen LogP contribution in [0.1, 0.15) is 19.8 Å². The van der Waals surface area contributed by atoms with Crippen molar-refractivity contribution < 1.29 is 27.4 Å². The van der Waals surface area contributed by atoms with Crippen LogP contribution in [-0.2, 0) is 9.53 Å². The van der Waals surface area contributed by atoms with E-state index in [0.29, 0.717) is 43.7 Å². The summed E-state index contributed by atoms with van der Waals surface area (Å²) < 4.78 is 47.6. The molecule has 0 radical (unpaired) electrons. The molecule has 0 spiro atoms. The van der Waals surface area contributed by atoms with Gasteiger partial charge in [-0.2, -0.15) is 0 Å². The number of hydrogen-bond donors (Lipinski definition) is 0. The highest BCUT2D eigenvalue weighted by molar-refractivity contribution is 5.87. The fraction of sp³-hybridized carbons (Fsp3) is 0.333. The molecule has 32 heavy (non-hydrogen) atoms. The van der Waals surface area contributed by atoms with Gasteiger partial charge in [-0.05, 0) is 55.7 Å². The standard InChI is InChI=1S/C24H23F3N2O3/c1-2-31-23(30)16-11-13-29(14-12-16)22-10-8-18-15-17(7-9-20(18)28-22)19-5-3-4-6-21(19)32-24(25,26)27/h3-10,15-16H,2,11-14H2,1H3. The average molecular weight is 444 g/mol. The van der Waals surface area contributed by atoms with Crippen LogP contribution in [0.3, 0.4) is 0 Å². The first-order chi connectivity index (χ1) is 15.3. The molecule has 0 aliphatic carbocycles. The van der Waals surface area contributed by atoms with Crippen molar-refractivity contribution in [2.24, 2.45) is 5.92 Å². The molecular formula is C24H23F3N2O3. The molecule has 0 N–H and O–H groups in total. The molecule has 2 aromatic carbocycles. The van der Waals surface area contributed by atoms with Crippen LogP contribution in [0.25, 0.3) is 22.0 Å². The van der Waals surface area contributed by atoms with Gasteiger partial charge in [-0.1, -0.05) is 24.3 Å². The number of para-hydroxylation sites is 1. The topological polar surface area (TPSA) is 51.7 Å². The molecule has 0 bridgehead atoms. The zero-order valence-corrected chi connectivity index (χ0v) is 17.6. The number of benzene rings is 2. The van der Waals surface area contributed by atoms with Crippen molar-refractivity contribution in [1.29, 1.82) is 0 Å². The van der Waals surface area contributed by atoms with E-state index in [4.69, 9.17) is 9.72 Å². The number of hydrogen-bond acceptors (Lipinski definition) is 5. The van der Waals surface area contributed by atoms with Gasteiger partial charge in [0, 0.05) is 24.0 Å². The quantitative estimate of drug-likeness (QED) is 0.481. The lowest BCUT2D eigenvalue weighted by molar-refractivity contribution is -0.274. The third kappa shape index (κ3) is 4.95. The SMILES string of the molecule is CCOC(=O)C1CCN(c2ccc3cc(-c4ccccc4OC(F)(F)F)ccc3n2)CC1. The Kier molecular flexibility index (Phi) is 6.21. The summed E-state index contributed by atoms with van der Waals surface area (Å²) in [5.74, 6) is 0.357. The van der Waals surface area contributed by atoms with Crippen LogP contribution >= 0.6 is 0 Å². The molecule has 5 nitrogen and oxygen atoms in total. The van der Waals surface area contributed by atoms with Crippen LogP contribution in [-0.4, -0.2) is 37.0 Å². The number of anilines is 1. The molecule has 3 aromatic rings. The first kappa shape index (κ1) is 21.9. The maximum Gasteiger partial charge on any atom is 0.573 e. The number of carbonyl (C=O) groups is 1. The van der Waals surface area contributed by atoms with Gasteiger partial charge in [0.15, 0.2) is 0 Å². The summed E-state index contributed by atoms with van der Waals surface area (Å²) in [5, 5.41) is 0.814. The lowest BCUT2D eigenvalue weighted by Crippen LogP contribution is -2.37. The van der Waals surface area contributed by atoms with Crippen molar-refractivity contribution in [2.75, 3.05) is 24.6 Å². The van der Waals surface area contributed by atoms with Crippen LogP contribution in [0.5, 0.6) is 5.75 Å². The van der Waals surface area contributed by atoms with Gasteiger partial charge in [-0.3, -0.25) is 4.79 Å². The van der Waals surface area contributed by atoms with Crippen molar-refractivity contribution in [1.82, 2.24) is 4.98 Å². The predicted molar refractivity (Wildman–Crippen MR) is 115 cm³/mol. The second-order valence-corrected chi connectivity index (χ2v) is 7.63. The molecule has 1 aliphatic rings. The number of fused-ring (bicyclic) bond motifs is 1. The van der Waals surface area contributed by atoms with E-state index in [1.54, 1.807) is 37.3 Å². The van der Waals surface area contributed by atoms with E-state index in [-0.39, 0.29) is 17.6 Å². The minimum Gasteiger partial charge on any atom is -0.466 e. The number of rotatable bonds is 5. The summed E-state index contributed by atoms with van der Waals surface area (Å²) >= 11 is 0. The molecule has 2 heterocycles. The van der Waals surface area contributed by atoms with Gasteiger partial charge in [0.1, 0.15) is 11.6 Å². The highest BCUT2D eigenvalue weighted by atomic mass is 19.4. The lowest BCUT2D eigenvalue weighted by atomic mass is 9.97. The van der Waals surface area contributed by atoms with Gasteiger partial charge < -0.3 is 14.4 Å².